The minimum atomic E-state index is -1.79. The van der Waals surface area contributed by atoms with Gasteiger partial charge in [0.15, 0.2) is 5.66 Å². The average molecular weight is 452 g/mol. The lowest BCUT2D eigenvalue weighted by molar-refractivity contribution is -0.169. The molecule has 1 aromatic heterocycles. The maximum Gasteiger partial charge on any atom is 0.318 e. The molecule has 11 heteroatoms. The number of amides is 3. The summed E-state index contributed by atoms with van der Waals surface area (Å²) in [5.41, 5.74) is 4.81. The summed E-state index contributed by atoms with van der Waals surface area (Å²) in [6.07, 6.45) is 2.68. The second-order valence-electron chi connectivity index (χ2n) is 7.53. The summed E-state index contributed by atoms with van der Waals surface area (Å²) >= 11 is 0. The van der Waals surface area contributed by atoms with E-state index < -0.39 is 42.3 Å². The van der Waals surface area contributed by atoms with Crippen molar-refractivity contribution < 1.29 is 24.3 Å². The zero-order chi connectivity index (χ0) is 24.2. The minimum Gasteiger partial charge on any atom is -0.481 e. The number of hydrogen-bond acceptors (Lipinski definition) is 7. The Kier molecular flexibility index (Phi) is 6.71. The van der Waals surface area contributed by atoms with Gasteiger partial charge in [-0.25, -0.2) is 0 Å². The molecule has 3 amide bonds. The van der Waals surface area contributed by atoms with Gasteiger partial charge < -0.3 is 16.2 Å². The minimum absolute atomic E-state index is 0.0933. The predicted octanol–water partition coefficient (Wildman–Crippen LogP) is 0.713. The summed E-state index contributed by atoms with van der Waals surface area (Å²) in [4.78, 5) is 56.6. The van der Waals surface area contributed by atoms with Crippen LogP contribution in [-0.4, -0.2) is 62.5 Å². The van der Waals surface area contributed by atoms with E-state index >= 15 is 0 Å². The van der Waals surface area contributed by atoms with Crippen molar-refractivity contribution in [3.8, 4) is 0 Å². The number of nitrogens with one attached hydrogen (secondary N) is 2. The Balaban J connectivity index is 2.14. The summed E-state index contributed by atoms with van der Waals surface area (Å²) in [6.45, 7) is 1.37. The van der Waals surface area contributed by atoms with E-state index in [-0.39, 0.29) is 17.9 Å². The zero-order valence-electron chi connectivity index (χ0n) is 17.9. The van der Waals surface area contributed by atoms with E-state index in [2.05, 4.69) is 10.3 Å². The molecule has 1 aliphatic heterocycles. The number of carbonyl (C=O) groups is 4. The van der Waals surface area contributed by atoms with Crippen LogP contribution in [0.3, 0.4) is 0 Å². The van der Waals surface area contributed by atoms with E-state index in [1.165, 1.54) is 12.4 Å². The van der Waals surface area contributed by atoms with Crippen molar-refractivity contribution in [2.75, 3.05) is 18.4 Å². The lowest BCUT2D eigenvalue weighted by Gasteiger charge is -2.46. The monoisotopic (exact) mass is 452 g/mol. The first-order chi connectivity index (χ1) is 15.7. The highest BCUT2D eigenvalue weighted by Crippen LogP contribution is 2.35. The summed E-state index contributed by atoms with van der Waals surface area (Å²) < 4.78 is 0. The van der Waals surface area contributed by atoms with E-state index in [1.807, 2.05) is 0 Å². The van der Waals surface area contributed by atoms with E-state index in [1.54, 1.807) is 43.3 Å². The predicted molar refractivity (Wildman–Crippen MR) is 118 cm³/mol. The topological polar surface area (TPSA) is 170 Å². The quantitative estimate of drug-likeness (QED) is 0.187. The number of nitrogens with two attached hydrogens (primary N) is 1. The number of imide groups is 1. The fourth-order valence-corrected chi connectivity index (χ4v) is 3.73. The van der Waals surface area contributed by atoms with Gasteiger partial charge in [-0.2, -0.15) is 0 Å². The fourth-order valence-electron chi connectivity index (χ4n) is 3.73. The van der Waals surface area contributed by atoms with Crippen LogP contribution < -0.4 is 11.1 Å². The molecular weight excluding hydrogens is 428 g/mol. The van der Waals surface area contributed by atoms with Gasteiger partial charge in [-0.1, -0.05) is 13.0 Å². The van der Waals surface area contributed by atoms with Gasteiger partial charge in [-0.05, 0) is 36.8 Å². The number of aromatic nitrogens is 1. The van der Waals surface area contributed by atoms with Crippen molar-refractivity contribution in [3.05, 3.63) is 59.9 Å². The smallest absolute Gasteiger partial charge is 0.318 e. The molecule has 0 radical (unpaired) electrons. The number of pyridine rings is 1. The van der Waals surface area contributed by atoms with E-state index in [0.29, 0.717) is 17.7 Å². The number of carboxylic acid groups (broad SMARTS) is 1. The Labute approximate surface area is 189 Å². The maximum absolute atomic E-state index is 13.2. The van der Waals surface area contributed by atoms with Crippen molar-refractivity contribution >= 4 is 35.2 Å². The SMILES string of the molecule is CCCN1C(=O)CN(C(CC(=O)O)(Nc2ccc(C(=N)N)cc2)c2cccnc2)C(=O)C1=O. The number of carbonyl (C=O) groups excluding carboxylic acids is 3. The Hall–Kier alpha value is -4.28. The van der Waals surface area contributed by atoms with Crippen molar-refractivity contribution in [2.24, 2.45) is 5.73 Å². The standard InChI is InChI=1S/C22H24N6O5/c1-2-10-27-17(29)13-28(21(33)20(27)32)22(11-18(30)31,15-4-3-9-25-12-15)26-16-7-5-14(6-8-16)19(23)24/h3-9,12,26H,2,10-11,13H2,1H3,(H3,23,24)(H,30,31). The normalized spacial score (nSPS) is 15.8. The fraction of sp³-hybridized carbons (Fsp3) is 0.273. The number of benzene rings is 1. The van der Waals surface area contributed by atoms with E-state index in [9.17, 15) is 24.3 Å². The third-order valence-electron chi connectivity index (χ3n) is 5.27. The van der Waals surface area contributed by atoms with Crippen LogP contribution in [0.4, 0.5) is 5.69 Å². The van der Waals surface area contributed by atoms with E-state index in [4.69, 9.17) is 11.1 Å². The highest BCUT2D eigenvalue weighted by atomic mass is 16.4. The van der Waals surface area contributed by atoms with Crippen LogP contribution in [0.25, 0.3) is 0 Å². The van der Waals surface area contributed by atoms with Crippen molar-refractivity contribution in [3.63, 3.8) is 0 Å². The van der Waals surface area contributed by atoms with Gasteiger partial charge in [-0.15, -0.1) is 0 Å². The molecule has 1 saturated heterocycles. The van der Waals surface area contributed by atoms with Crippen LogP contribution in [0.2, 0.25) is 0 Å². The van der Waals surface area contributed by atoms with Gasteiger partial charge in [0.2, 0.25) is 5.91 Å². The van der Waals surface area contributed by atoms with Gasteiger partial charge in [0, 0.05) is 35.8 Å². The first-order valence-corrected chi connectivity index (χ1v) is 10.2. The second kappa shape index (κ2) is 9.47. The molecule has 11 nitrogen and oxygen atoms in total. The van der Waals surface area contributed by atoms with Crippen LogP contribution in [0.15, 0.2) is 48.8 Å². The van der Waals surface area contributed by atoms with Crippen LogP contribution in [-0.2, 0) is 24.8 Å². The first kappa shape index (κ1) is 23.4. The number of anilines is 1. The molecule has 2 aromatic rings. The maximum atomic E-state index is 13.2. The van der Waals surface area contributed by atoms with Crippen LogP contribution >= 0.6 is 0 Å². The Morgan fingerprint density at radius 1 is 1.21 bits per heavy atom. The molecule has 5 N–H and O–H groups in total. The highest BCUT2D eigenvalue weighted by molar-refractivity contribution is 6.39. The van der Waals surface area contributed by atoms with Gasteiger partial charge in [-0.3, -0.25) is 39.4 Å². The number of nitrogens with zero attached hydrogens (tertiary/aromatic N) is 3. The Bertz CT molecular complexity index is 1090. The lowest BCUT2D eigenvalue weighted by atomic mass is 9.92. The molecule has 0 bridgehead atoms. The molecule has 1 unspecified atom stereocenters. The summed E-state index contributed by atoms with van der Waals surface area (Å²) in [7, 11) is 0. The molecule has 0 aliphatic carbocycles. The number of carboxylic acids is 1. The van der Waals surface area contributed by atoms with Crippen LogP contribution in [0, 0.1) is 5.41 Å². The van der Waals surface area contributed by atoms with Gasteiger partial charge in [0.1, 0.15) is 12.4 Å². The molecule has 0 spiro atoms. The third-order valence-corrected chi connectivity index (χ3v) is 5.27. The number of aliphatic carboxylic acids is 1. The molecule has 1 aromatic carbocycles. The molecule has 1 fully saturated rings. The van der Waals surface area contributed by atoms with E-state index in [0.717, 1.165) is 9.80 Å². The first-order valence-electron chi connectivity index (χ1n) is 10.2. The number of piperazine rings is 1. The second-order valence-corrected chi connectivity index (χ2v) is 7.53. The summed E-state index contributed by atoms with van der Waals surface area (Å²) in [6, 6.07) is 9.35. The zero-order valence-corrected chi connectivity index (χ0v) is 17.9. The molecular formula is C22H24N6O5. The number of rotatable bonds is 9. The molecule has 33 heavy (non-hydrogen) atoms. The van der Waals surface area contributed by atoms with Crippen molar-refractivity contribution in [1.82, 2.24) is 14.8 Å². The lowest BCUT2D eigenvalue weighted by Crippen LogP contribution is -2.66. The molecule has 2 heterocycles. The van der Waals surface area contributed by atoms with Gasteiger partial charge in [0.05, 0.1) is 6.42 Å². The molecule has 1 atom stereocenters. The largest absolute Gasteiger partial charge is 0.481 e. The van der Waals surface area contributed by atoms with Gasteiger partial charge in [0.25, 0.3) is 0 Å². The molecule has 172 valence electrons. The number of hydrogen-bond donors (Lipinski definition) is 4. The van der Waals surface area contributed by atoms with Crippen LogP contribution in [0.1, 0.15) is 30.9 Å². The molecule has 3 rings (SSSR count). The van der Waals surface area contributed by atoms with Crippen molar-refractivity contribution in [1.29, 1.82) is 5.41 Å². The number of amidine groups is 1. The van der Waals surface area contributed by atoms with Crippen molar-refractivity contribution in [2.45, 2.75) is 25.4 Å². The highest BCUT2D eigenvalue weighted by Gasteiger charge is 2.50. The third kappa shape index (κ3) is 4.66. The summed E-state index contributed by atoms with van der Waals surface area (Å²) in [5, 5.41) is 20.3. The van der Waals surface area contributed by atoms with Crippen LogP contribution in [0.5, 0.6) is 0 Å². The Morgan fingerprint density at radius 3 is 2.45 bits per heavy atom. The van der Waals surface area contributed by atoms with Gasteiger partial charge >= 0.3 is 17.8 Å². The average Bonchev–Trinajstić information content (AvgIpc) is 2.79. The molecule has 1 aliphatic rings. The summed E-state index contributed by atoms with van der Waals surface area (Å²) in [5.74, 6) is -4.03. The molecule has 0 saturated carbocycles. The Morgan fingerprint density at radius 2 is 1.91 bits per heavy atom. The number of nitrogen functional groups attached to an aromatic ring is 1.